The van der Waals surface area contributed by atoms with Crippen molar-refractivity contribution in [2.75, 3.05) is 12.1 Å². The normalized spacial score (nSPS) is 23.5. The van der Waals surface area contributed by atoms with Crippen LogP contribution < -0.4 is 14.8 Å². The summed E-state index contributed by atoms with van der Waals surface area (Å²) < 4.78 is 10.8. The Morgan fingerprint density at radius 2 is 1.83 bits per heavy atom. The minimum atomic E-state index is -0.994. The first-order valence-corrected chi connectivity index (χ1v) is 7.78. The molecule has 5 rings (SSSR count). The van der Waals surface area contributed by atoms with Crippen molar-refractivity contribution in [3.8, 4) is 11.5 Å². The van der Waals surface area contributed by atoms with Crippen LogP contribution in [0.4, 0.5) is 5.69 Å². The van der Waals surface area contributed by atoms with E-state index in [1.54, 1.807) is 6.07 Å². The number of rotatable bonds is 1. The summed E-state index contributed by atoms with van der Waals surface area (Å²) in [6.45, 7) is 0.203. The molecule has 0 saturated carbocycles. The number of oxime groups is 1. The van der Waals surface area contributed by atoms with Crippen LogP contribution in [0.15, 0.2) is 47.6 Å². The molecule has 0 aromatic heterocycles. The summed E-state index contributed by atoms with van der Waals surface area (Å²) >= 11 is 0. The molecule has 1 unspecified atom stereocenters. The highest BCUT2D eigenvalue weighted by atomic mass is 16.7. The van der Waals surface area contributed by atoms with Crippen LogP contribution in [0.2, 0.25) is 0 Å². The van der Waals surface area contributed by atoms with Crippen LogP contribution >= 0.6 is 0 Å². The van der Waals surface area contributed by atoms with E-state index >= 15 is 0 Å². The Bertz CT molecular complexity index is 878. The lowest BCUT2D eigenvalue weighted by Gasteiger charge is -2.31. The van der Waals surface area contributed by atoms with Crippen LogP contribution in [0, 0.1) is 0 Å². The molecule has 6 heteroatoms. The number of ether oxygens (including phenoxy) is 2. The Labute approximate surface area is 138 Å². The highest BCUT2D eigenvalue weighted by Crippen LogP contribution is 2.43. The van der Waals surface area contributed by atoms with E-state index < -0.39 is 5.60 Å². The first-order chi connectivity index (χ1) is 11.7. The Hall–Kier alpha value is -3.02. The van der Waals surface area contributed by atoms with Crippen molar-refractivity contribution in [1.29, 1.82) is 0 Å². The molecule has 1 amide bonds. The lowest BCUT2D eigenvalue weighted by atomic mass is 9.84. The summed E-state index contributed by atoms with van der Waals surface area (Å²) in [6, 6.07) is 13.5. The van der Waals surface area contributed by atoms with Crippen molar-refractivity contribution in [1.82, 2.24) is 0 Å². The lowest BCUT2D eigenvalue weighted by Crippen LogP contribution is -2.48. The van der Waals surface area contributed by atoms with Gasteiger partial charge in [-0.3, -0.25) is 4.79 Å². The van der Waals surface area contributed by atoms with Gasteiger partial charge in [-0.05, 0) is 17.2 Å². The zero-order chi connectivity index (χ0) is 16.1. The fourth-order valence-electron chi connectivity index (χ4n) is 3.35. The van der Waals surface area contributed by atoms with E-state index in [-0.39, 0.29) is 12.7 Å². The van der Waals surface area contributed by atoms with Crippen LogP contribution in [0.3, 0.4) is 0 Å². The van der Waals surface area contributed by atoms with Crippen LogP contribution in [0.1, 0.15) is 17.5 Å². The number of amides is 1. The second-order valence-corrected chi connectivity index (χ2v) is 6.16. The van der Waals surface area contributed by atoms with E-state index in [9.17, 15) is 4.79 Å². The van der Waals surface area contributed by atoms with E-state index in [0.29, 0.717) is 24.3 Å². The van der Waals surface area contributed by atoms with Crippen molar-refractivity contribution < 1.29 is 19.1 Å². The predicted octanol–water partition coefficient (Wildman–Crippen LogP) is 2.47. The van der Waals surface area contributed by atoms with Crippen molar-refractivity contribution in [3.05, 3.63) is 53.6 Å². The molecule has 3 aliphatic heterocycles. The predicted molar refractivity (Wildman–Crippen MR) is 86.3 cm³/mol. The molecule has 6 nitrogen and oxygen atoms in total. The number of carbonyl (C=O) groups is 1. The smallest absolute Gasteiger partial charge is 0.272 e. The number of hydrogen-bond acceptors (Lipinski definition) is 5. The van der Waals surface area contributed by atoms with E-state index in [1.165, 1.54) is 0 Å². The topological polar surface area (TPSA) is 69.2 Å². The average molecular weight is 322 g/mol. The number of anilines is 1. The molecule has 3 aliphatic rings. The van der Waals surface area contributed by atoms with Gasteiger partial charge in [0.05, 0.1) is 5.71 Å². The summed E-state index contributed by atoms with van der Waals surface area (Å²) in [4.78, 5) is 18.3. The maximum absolute atomic E-state index is 12.7. The first kappa shape index (κ1) is 13.4. The quantitative estimate of drug-likeness (QED) is 0.876. The molecule has 0 aliphatic carbocycles. The van der Waals surface area contributed by atoms with Crippen molar-refractivity contribution in [2.45, 2.75) is 18.4 Å². The summed E-state index contributed by atoms with van der Waals surface area (Å²) in [6.07, 6.45) is 0.890. The molecule has 3 heterocycles. The molecular weight excluding hydrogens is 308 g/mol. The summed E-state index contributed by atoms with van der Waals surface area (Å²) in [5.41, 5.74) is 2.47. The fourth-order valence-corrected chi connectivity index (χ4v) is 3.35. The van der Waals surface area contributed by atoms with E-state index in [1.807, 2.05) is 36.4 Å². The van der Waals surface area contributed by atoms with Gasteiger partial charge in [-0.25, -0.2) is 0 Å². The van der Waals surface area contributed by atoms with Crippen molar-refractivity contribution in [2.24, 2.45) is 5.16 Å². The van der Waals surface area contributed by atoms with Gasteiger partial charge in [-0.1, -0.05) is 35.5 Å². The van der Waals surface area contributed by atoms with E-state index in [4.69, 9.17) is 14.3 Å². The Morgan fingerprint density at radius 3 is 2.67 bits per heavy atom. The number of benzene rings is 2. The van der Waals surface area contributed by atoms with Gasteiger partial charge in [0.15, 0.2) is 11.5 Å². The van der Waals surface area contributed by atoms with Crippen molar-refractivity contribution in [3.63, 3.8) is 0 Å². The van der Waals surface area contributed by atoms with Crippen LogP contribution in [0.25, 0.3) is 0 Å². The molecule has 1 atom stereocenters. The number of fused-ring (bicyclic) bond motifs is 2. The minimum absolute atomic E-state index is 0.177. The van der Waals surface area contributed by atoms with Gasteiger partial charge < -0.3 is 19.6 Å². The zero-order valence-electron chi connectivity index (χ0n) is 12.7. The Kier molecular flexibility index (Phi) is 2.65. The van der Waals surface area contributed by atoms with E-state index in [0.717, 1.165) is 22.5 Å². The summed E-state index contributed by atoms with van der Waals surface area (Å²) in [7, 11) is 0. The molecule has 0 radical (unpaired) electrons. The molecule has 0 bridgehead atoms. The number of nitrogens with zero attached hydrogens (tertiary/aromatic N) is 1. The summed E-state index contributed by atoms with van der Waals surface area (Å²) in [5.74, 6) is 1.17. The van der Waals surface area contributed by atoms with Crippen LogP contribution in [-0.2, 0) is 16.1 Å². The van der Waals surface area contributed by atoms with Gasteiger partial charge in [0.25, 0.3) is 5.91 Å². The summed E-state index contributed by atoms with van der Waals surface area (Å²) in [5, 5.41) is 7.10. The SMILES string of the molecule is O=C1Nc2cc3c(cc2CC12CC(c1ccccc1)=NO2)OCO3. The van der Waals surface area contributed by atoms with Gasteiger partial charge in [-0.15, -0.1) is 0 Å². The van der Waals surface area contributed by atoms with Crippen LogP contribution in [0.5, 0.6) is 11.5 Å². The third-order valence-electron chi connectivity index (χ3n) is 4.63. The Morgan fingerprint density at radius 1 is 1.04 bits per heavy atom. The van der Waals surface area contributed by atoms with E-state index in [2.05, 4.69) is 10.5 Å². The largest absolute Gasteiger partial charge is 0.454 e. The monoisotopic (exact) mass is 322 g/mol. The van der Waals surface area contributed by atoms with Gasteiger partial charge in [0.2, 0.25) is 12.4 Å². The molecule has 1 spiro atoms. The highest BCUT2D eigenvalue weighted by Gasteiger charge is 2.50. The minimum Gasteiger partial charge on any atom is -0.454 e. The zero-order valence-corrected chi connectivity index (χ0v) is 12.7. The molecule has 120 valence electrons. The maximum atomic E-state index is 12.7. The molecule has 0 fully saturated rings. The number of carbonyl (C=O) groups excluding carboxylic acids is 1. The van der Waals surface area contributed by atoms with Gasteiger partial charge in [0.1, 0.15) is 0 Å². The molecule has 1 N–H and O–H groups in total. The van der Waals surface area contributed by atoms with Crippen molar-refractivity contribution >= 4 is 17.3 Å². The molecule has 2 aromatic rings. The molecule has 24 heavy (non-hydrogen) atoms. The third kappa shape index (κ3) is 1.89. The Balaban J connectivity index is 1.47. The highest BCUT2D eigenvalue weighted by molar-refractivity contribution is 6.09. The first-order valence-electron chi connectivity index (χ1n) is 7.78. The fraction of sp³-hybridized carbons (Fsp3) is 0.222. The van der Waals surface area contributed by atoms with Gasteiger partial charge >= 0.3 is 0 Å². The molecule has 0 saturated heterocycles. The standard InChI is InChI=1S/C18H14N2O4/c21-17-18(9-14(20-24-18)11-4-2-1-3-5-11)8-12-6-15-16(23-10-22-15)7-13(12)19-17/h1-7H,8-10H2,(H,19,21). The van der Waals surface area contributed by atoms with Gasteiger partial charge in [-0.2, -0.15) is 0 Å². The second kappa shape index (κ2) is 4.74. The number of hydrogen-bond donors (Lipinski definition) is 1. The second-order valence-electron chi connectivity index (χ2n) is 6.16. The lowest BCUT2D eigenvalue weighted by molar-refractivity contribution is -0.138. The van der Waals surface area contributed by atoms with Crippen LogP contribution in [-0.4, -0.2) is 24.0 Å². The molecule has 2 aromatic carbocycles. The average Bonchev–Trinajstić information content (AvgIpc) is 3.22. The third-order valence-corrected chi connectivity index (χ3v) is 4.63. The van der Waals surface area contributed by atoms with Gasteiger partial charge in [0, 0.05) is 24.6 Å². The maximum Gasteiger partial charge on any atom is 0.272 e. The molecular formula is C18H14N2O4. The number of nitrogens with one attached hydrogen (secondary N) is 1.